The minimum absolute atomic E-state index is 0.176. The highest BCUT2D eigenvalue weighted by molar-refractivity contribution is 7.12. The van der Waals surface area contributed by atoms with Crippen molar-refractivity contribution in [2.75, 3.05) is 13.1 Å². The molecule has 2 N–H and O–H groups in total. The summed E-state index contributed by atoms with van der Waals surface area (Å²) < 4.78 is 0. The summed E-state index contributed by atoms with van der Waals surface area (Å²) >= 11 is 1.77. The third-order valence-electron chi connectivity index (χ3n) is 3.02. The van der Waals surface area contributed by atoms with Crippen molar-refractivity contribution in [3.05, 3.63) is 21.4 Å². The minimum Gasteiger partial charge on any atom is -0.351 e. The smallest absolute Gasteiger partial charge is 0.220 e. The highest BCUT2D eigenvalue weighted by Gasteiger charge is 2.19. The molecule has 0 aliphatic carbocycles. The van der Waals surface area contributed by atoms with Crippen LogP contribution in [-0.2, 0) is 11.3 Å². The largest absolute Gasteiger partial charge is 0.351 e. The van der Waals surface area contributed by atoms with E-state index in [2.05, 4.69) is 30.5 Å². The van der Waals surface area contributed by atoms with Crippen LogP contribution in [0, 0.1) is 19.8 Å². The molecule has 0 atom stereocenters. The van der Waals surface area contributed by atoms with Crippen molar-refractivity contribution >= 4 is 17.2 Å². The third-order valence-corrected chi connectivity index (χ3v) is 4.17. The molecule has 1 aliphatic rings. The fraction of sp³-hybridized carbons (Fsp3) is 0.583. The van der Waals surface area contributed by atoms with Crippen LogP contribution in [0.2, 0.25) is 0 Å². The van der Waals surface area contributed by atoms with Gasteiger partial charge < -0.3 is 10.6 Å². The van der Waals surface area contributed by atoms with Gasteiger partial charge in [0.2, 0.25) is 5.91 Å². The zero-order valence-electron chi connectivity index (χ0n) is 9.80. The first-order valence-corrected chi connectivity index (χ1v) is 6.50. The van der Waals surface area contributed by atoms with Gasteiger partial charge in [0.1, 0.15) is 0 Å². The van der Waals surface area contributed by atoms with Gasteiger partial charge in [0.25, 0.3) is 0 Å². The molecule has 1 amide bonds. The lowest BCUT2D eigenvalue weighted by Crippen LogP contribution is -2.44. The molecule has 1 aromatic heterocycles. The van der Waals surface area contributed by atoms with Crippen molar-refractivity contribution in [3.63, 3.8) is 0 Å². The maximum absolute atomic E-state index is 11.6. The normalized spacial score (nSPS) is 15.9. The Balaban J connectivity index is 1.75. The zero-order valence-corrected chi connectivity index (χ0v) is 10.6. The molecule has 1 aromatic rings. The number of hydrogen-bond donors (Lipinski definition) is 2. The van der Waals surface area contributed by atoms with Crippen LogP contribution < -0.4 is 10.6 Å². The summed E-state index contributed by atoms with van der Waals surface area (Å²) in [5, 5.41) is 6.16. The molecule has 4 heteroatoms. The van der Waals surface area contributed by atoms with E-state index in [1.807, 2.05) is 0 Å². The molecule has 88 valence electrons. The second kappa shape index (κ2) is 4.97. The Morgan fingerprint density at radius 3 is 2.81 bits per heavy atom. The molecule has 0 radical (unpaired) electrons. The monoisotopic (exact) mass is 238 g/mol. The number of carbonyl (C=O) groups is 1. The number of hydrogen-bond acceptors (Lipinski definition) is 3. The highest BCUT2D eigenvalue weighted by Crippen LogP contribution is 2.20. The Hall–Kier alpha value is -0.870. The van der Waals surface area contributed by atoms with Crippen LogP contribution in [0.15, 0.2) is 6.07 Å². The van der Waals surface area contributed by atoms with Crippen LogP contribution in [0.3, 0.4) is 0 Å². The second-order valence-corrected chi connectivity index (χ2v) is 5.80. The number of aryl methyl sites for hydroxylation is 2. The van der Waals surface area contributed by atoms with Crippen LogP contribution in [0.1, 0.15) is 21.7 Å². The van der Waals surface area contributed by atoms with E-state index in [-0.39, 0.29) is 5.91 Å². The van der Waals surface area contributed by atoms with Crippen molar-refractivity contribution < 1.29 is 4.79 Å². The average molecular weight is 238 g/mol. The summed E-state index contributed by atoms with van der Waals surface area (Å²) in [5.74, 6) is 0.724. The van der Waals surface area contributed by atoms with Gasteiger partial charge in [-0.05, 0) is 44.5 Å². The number of rotatable bonds is 4. The van der Waals surface area contributed by atoms with Gasteiger partial charge in [-0.3, -0.25) is 4.79 Å². The molecular weight excluding hydrogens is 220 g/mol. The van der Waals surface area contributed by atoms with Crippen LogP contribution in [0.4, 0.5) is 0 Å². The van der Waals surface area contributed by atoms with E-state index in [1.54, 1.807) is 11.3 Å². The molecule has 2 heterocycles. The first-order chi connectivity index (χ1) is 7.65. The molecule has 1 fully saturated rings. The molecule has 0 aromatic carbocycles. The summed E-state index contributed by atoms with van der Waals surface area (Å²) in [7, 11) is 0. The Morgan fingerprint density at radius 1 is 1.56 bits per heavy atom. The first kappa shape index (κ1) is 11.6. The van der Waals surface area contributed by atoms with Crippen molar-refractivity contribution in [1.82, 2.24) is 10.6 Å². The van der Waals surface area contributed by atoms with Crippen LogP contribution in [0.5, 0.6) is 0 Å². The van der Waals surface area contributed by atoms with E-state index in [0.717, 1.165) is 13.1 Å². The van der Waals surface area contributed by atoms with Gasteiger partial charge in [0.15, 0.2) is 0 Å². The summed E-state index contributed by atoms with van der Waals surface area (Å²) in [6, 6.07) is 2.16. The minimum atomic E-state index is 0.176. The molecule has 1 aliphatic heterocycles. The van der Waals surface area contributed by atoms with Crippen molar-refractivity contribution in [2.24, 2.45) is 5.92 Å². The van der Waals surface area contributed by atoms with Gasteiger partial charge in [-0.2, -0.15) is 0 Å². The van der Waals surface area contributed by atoms with E-state index in [4.69, 9.17) is 0 Å². The van der Waals surface area contributed by atoms with Crippen LogP contribution in [-0.4, -0.2) is 19.0 Å². The number of carbonyl (C=O) groups excluding carboxylic acids is 1. The lowest BCUT2D eigenvalue weighted by Gasteiger charge is -2.26. The van der Waals surface area contributed by atoms with Gasteiger partial charge in [-0.25, -0.2) is 0 Å². The Bertz CT molecular complexity index is 363. The standard InChI is InChI=1S/C12H18N2OS/c1-8-3-11(16-9(8)2)7-14-12(15)4-10-5-13-6-10/h3,10,13H,4-7H2,1-2H3,(H,14,15). The summed E-state index contributed by atoms with van der Waals surface area (Å²) in [5.41, 5.74) is 1.32. The summed E-state index contributed by atoms with van der Waals surface area (Å²) in [4.78, 5) is 14.2. The first-order valence-electron chi connectivity index (χ1n) is 5.68. The molecule has 0 bridgehead atoms. The van der Waals surface area contributed by atoms with Gasteiger partial charge in [-0.1, -0.05) is 0 Å². The predicted molar refractivity (Wildman–Crippen MR) is 66.6 cm³/mol. The summed E-state index contributed by atoms with van der Waals surface area (Å²) in [6.45, 7) is 6.89. The molecule has 0 unspecified atom stereocenters. The van der Waals surface area contributed by atoms with Crippen molar-refractivity contribution in [3.8, 4) is 0 Å². The quantitative estimate of drug-likeness (QED) is 0.836. The zero-order chi connectivity index (χ0) is 11.5. The highest BCUT2D eigenvalue weighted by atomic mass is 32.1. The molecule has 3 nitrogen and oxygen atoms in total. The SMILES string of the molecule is Cc1cc(CNC(=O)CC2CNC2)sc1C. The molecular formula is C12H18N2OS. The Kier molecular flexibility index (Phi) is 3.61. The van der Waals surface area contributed by atoms with E-state index in [0.29, 0.717) is 18.9 Å². The van der Waals surface area contributed by atoms with Crippen molar-refractivity contribution in [1.29, 1.82) is 0 Å². The van der Waals surface area contributed by atoms with Gasteiger partial charge >= 0.3 is 0 Å². The molecule has 2 rings (SSSR count). The maximum Gasteiger partial charge on any atom is 0.220 e. The summed E-state index contributed by atoms with van der Waals surface area (Å²) in [6.07, 6.45) is 0.663. The number of nitrogens with one attached hydrogen (secondary N) is 2. The van der Waals surface area contributed by atoms with Crippen LogP contribution in [0.25, 0.3) is 0 Å². The lowest BCUT2D eigenvalue weighted by molar-refractivity contribution is -0.122. The Morgan fingerprint density at radius 2 is 2.31 bits per heavy atom. The molecule has 0 spiro atoms. The van der Waals surface area contributed by atoms with E-state index in [1.165, 1.54) is 15.3 Å². The van der Waals surface area contributed by atoms with Gasteiger partial charge in [-0.15, -0.1) is 11.3 Å². The Labute approximate surface area is 100 Å². The van der Waals surface area contributed by atoms with Gasteiger partial charge in [0.05, 0.1) is 6.54 Å². The fourth-order valence-electron chi connectivity index (χ4n) is 1.75. The third kappa shape index (κ3) is 2.83. The topological polar surface area (TPSA) is 41.1 Å². The molecule has 16 heavy (non-hydrogen) atoms. The molecule has 0 saturated carbocycles. The lowest BCUT2D eigenvalue weighted by atomic mass is 9.99. The van der Waals surface area contributed by atoms with E-state index in [9.17, 15) is 4.79 Å². The van der Waals surface area contributed by atoms with E-state index >= 15 is 0 Å². The number of amides is 1. The van der Waals surface area contributed by atoms with Gasteiger partial charge in [0, 0.05) is 16.2 Å². The maximum atomic E-state index is 11.6. The van der Waals surface area contributed by atoms with E-state index < -0.39 is 0 Å². The number of thiophene rings is 1. The average Bonchev–Trinajstić information content (AvgIpc) is 2.50. The second-order valence-electron chi connectivity index (χ2n) is 4.46. The fourth-order valence-corrected chi connectivity index (χ4v) is 2.74. The predicted octanol–water partition coefficient (Wildman–Crippen LogP) is 1.59. The molecule has 1 saturated heterocycles. The van der Waals surface area contributed by atoms with Crippen LogP contribution >= 0.6 is 11.3 Å². The van der Waals surface area contributed by atoms with Crippen molar-refractivity contribution in [2.45, 2.75) is 26.8 Å².